The molecular weight excluding hydrogens is 657 g/mol. The Morgan fingerprint density at radius 1 is 0.370 bits per heavy atom. The van der Waals surface area contributed by atoms with Crippen LogP contribution in [0.15, 0.2) is 200 Å². The molecule has 4 nitrogen and oxygen atoms in total. The van der Waals surface area contributed by atoms with Crippen LogP contribution in [0.1, 0.15) is 0 Å². The van der Waals surface area contributed by atoms with Crippen LogP contribution in [-0.2, 0) is 0 Å². The molecule has 252 valence electrons. The third-order valence-electron chi connectivity index (χ3n) is 10.8. The molecular formula is C50H33N4+. The molecule has 0 atom stereocenters. The molecule has 0 unspecified atom stereocenters. The van der Waals surface area contributed by atoms with E-state index in [2.05, 4.69) is 214 Å². The fourth-order valence-electron chi connectivity index (χ4n) is 8.23. The summed E-state index contributed by atoms with van der Waals surface area (Å²) in [6.45, 7) is 0. The molecule has 0 radical (unpaired) electrons. The third kappa shape index (κ3) is 4.78. The van der Waals surface area contributed by atoms with Crippen LogP contribution >= 0.6 is 0 Å². The second-order valence-electron chi connectivity index (χ2n) is 13.9. The monoisotopic (exact) mass is 689 g/mol. The van der Waals surface area contributed by atoms with E-state index in [4.69, 9.17) is 4.98 Å². The zero-order valence-corrected chi connectivity index (χ0v) is 29.3. The number of nitrogens with zero attached hydrogens (tertiary/aromatic N) is 4. The van der Waals surface area contributed by atoms with Crippen molar-refractivity contribution in [1.82, 2.24) is 14.1 Å². The van der Waals surface area contributed by atoms with E-state index < -0.39 is 0 Å². The van der Waals surface area contributed by atoms with Crippen LogP contribution in [0.25, 0.3) is 94.1 Å². The maximum absolute atomic E-state index is 5.39. The summed E-state index contributed by atoms with van der Waals surface area (Å²) in [6, 6.07) is 69.5. The molecule has 0 bridgehead atoms. The molecule has 4 heteroatoms. The van der Waals surface area contributed by atoms with Crippen molar-refractivity contribution in [2.24, 2.45) is 0 Å². The third-order valence-corrected chi connectivity index (χ3v) is 10.8. The summed E-state index contributed by atoms with van der Waals surface area (Å²) in [5.41, 5.74) is 12.5. The average Bonchev–Trinajstić information content (AvgIpc) is 3.76. The summed E-state index contributed by atoms with van der Waals surface area (Å²) in [5.74, 6) is 0.841. The standard InChI is InChI=1S/C50H33N4/c1-4-14-34(15-5-1)37-24-27-42-44-31-36(35-25-28-47-43(30-35)41-21-11-13-23-46(41)53(47)40-19-8-3-9-20-40)26-29-48(44)54(49(42)32-37)50-51-45-22-12-10-16-38(45)33-52(50)39-17-6-2-7-18-39/h1-33H/q+1. The van der Waals surface area contributed by atoms with E-state index in [1.54, 1.807) is 0 Å². The molecule has 3 aromatic heterocycles. The van der Waals surface area contributed by atoms with Gasteiger partial charge in [0.05, 0.1) is 17.2 Å². The summed E-state index contributed by atoms with van der Waals surface area (Å²) in [4.78, 5) is 5.39. The van der Waals surface area contributed by atoms with E-state index in [0.717, 1.165) is 39.3 Å². The van der Waals surface area contributed by atoms with Crippen molar-refractivity contribution in [3.63, 3.8) is 0 Å². The van der Waals surface area contributed by atoms with Gasteiger partial charge in [-0.05, 0) is 95.1 Å². The Morgan fingerprint density at radius 2 is 0.926 bits per heavy atom. The Kier molecular flexibility index (Phi) is 6.82. The minimum absolute atomic E-state index is 0.841. The zero-order valence-electron chi connectivity index (χ0n) is 29.3. The number of hydrogen-bond acceptors (Lipinski definition) is 1. The van der Waals surface area contributed by atoms with Gasteiger partial charge in [0.2, 0.25) is 0 Å². The maximum atomic E-state index is 5.39. The summed E-state index contributed by atoms with van der Waals surface area (Å²) < 4.78 is 6.94. The minimum atomic E-state index is 0.841. The van der Waals surface area contributed by atoms with Crippen LogP contribution < -0.4 is 4.57 Å². The van der Waals surface area contributed by atoms with Gasteiger partial charge in [-0.1, -0.05) is 126 Å². The van der Waals surface area contributed by atoms with Crippen LogP contribution in [0.2, 0.25) is 0 Å². The van der Waals surface area contributed by atoms with E-state index in [9.17, 15) is 0 Å². The van der Waals surface area contributed by atoms with Gasteiger partial charge in [-0.15, -0.1) is 0 Å². The van der Waals surface area contributed by atoms with Crippen molar-refractivity contribution in [3.8, 4) is 39.6 Å². The van der Waals surface area contributed by atoms with E-state index in [1.807, 2.05) is 0 Å². The number of aromatic nitrogens is 4. The van der Waals surface area contributed by atoms with Gasteiger partial charge >= 0.3 is 5.95 Å². The first-order valence-electron chi connectivity index (χ1n) is 18.4. The fourth-order valence-corrected chi connectivity index (χ4v) is 8.23. The van der Waals surface area contributed by atoms with Gasteiger partial charge in [0.25, 0.3) is 0 Å². The van der Waals surface area contributed by atoms with E-state index >= 15 is 0 Å². The molecule has 0 saturated heterocycles. The molecule has 0 spiro atoms. The molecule has 0 aliphatic heterocycles. The molecule has 0 aliphatic carbocycles. The van der Waals surface area contributed by atoms with Crippen molar-refractivity contribution < 1.29 is 4.57 Å². The second-order valence-corrected chi connectivity index (χ2v) is 13.9. The Balaban J connectivity index is 1.17. The number of hydrogen-bond donors (Lipinski definition) is 0. The molecule has 54 heavy (non-hydrogen) atoms. The quantitative estimate of drug-likeness (QED) is 0.165. The first-order chi connectivity index (χ1) is 26.8. The lowest BCUT2D eigenvalue weighted by atomic mass is 9.99. The Hall–Kier alpha value is -7.30. The van der Waals surface area contributed by atoms with Gasteiger partial charge in [-0.25, -0.2) is 4.57 Å². The smallest absolute Gasteiger partial charge is 0.309 e. The van der Waals surface area contributed by atoms with Gasteiger partial charge in [0.15, 0.2) is 5.52 Å². The lowest BCUT2D eigenvalue weighted by molar-refractivity contribution is -0.591. The number of para-hydroxylation sites is 4. The Morgan fingerprint density at radius 3 is 1.69 bits per heavy atom. The highest BCUT2D eigenvalue weighted by molar-refractivity contribution is 6.13. The lowest BCUT2D eigenvalue weighted by Gasteiger charge is -2.10. The van der Waals surface area contributed by atoms with Gasteiger partial charge in [-0.2, -0.15) is 4.57 Å². The van der Waals surface area contributed by atoms with Crippen LogP contribution in [0, 0.1) is 0 Å². The SMILES string of the molecule is c1ccc(-c2ccc3c4cc(-c5ccc6c(c5)c5ccccc5n6-c5ccccc5)ccc4n(-c4nc5ccccc5c[n+]4-c4ccccc4)c3c2)cc1. The van der Waals surface area contributed by atoms with Gasteiger partial charge in [0.1, 0.15) is 16.7 Å². The van der Waals surface area contributed by atoms with E-state index in [-0.39, 0.29) is 0 Å². The molecule has 0 amide bonds. The van der Waals surface area contributed by atoms with Crippen LogP contribution in [0.5, 0.6) is 0 Å². The Labute approximate surface area is 312 Å². The summed E-state index contributed by atoms with van der Waals surface area (Å²) in [5, 5.41) is 5.94. The molecule has 8 aromatic carbocycles. The summed E-state index contributed by atoms with van der Waals surface area (Å²) >= 11 is 0. The highest BCUT2D eigenvalue weighted by atomic mass is 15.2. The molecule has 11 aromatic rings. The zero-order chi connectivity index (χ0) is 35.6. The normalized spacial score (nSPS) is 11.7. The predicted molar refractivity (Wildman–Crippen MR) is 223 cm³/mol. The second kappa shape index (κ2) is 12.1. The summed E-state index contributed by atoms with van der Waals surface area (Å²) in [7, 11) is 0. The predicted octanol–water partition coefficient (Wildman–Crippen LogP) is 12.0. The molecule has 0 aliphatic rings. The van der Waals surface area contributed by atoms with Crippen molar-refractivity contribution in [3.05, 3.63) is 200 Å². The maximum Gasteiger partial charge on any atom is 0.409 e. The van der Waals surface area contributed by atoms with Crippen molar-refractivity contribution in [2.75, 3.05) is 0 Å². The number of benzene rings is 8. The van der Waals surface area contributed by atoms with Crippen molar-refractivity contribution in [2.45, 2.75) is 0 Å². The molecule has 11 rings (SSSR count). The summed E-state index contributed by atoms with van der Waals surface area (Å²) in [6.07, 6.45) is 2.21. The highest BCUT2D eigenvalue weighted by Gasteiger charge is 2.26. The lowest BCUT2D eigenvalue weighted by Crippen LogP contribution is -2.37. The molecule has 0 N–H and O–H groups in total. The van der Waals surface area contributed by atoms with E-state index in [1.165, 1.54) is 54.8 Å². The molecule has 0 saturated carbocycles. The van der Waals surface area contributed by atoms with Crippen LogP contribution in [-0.4, -0.2) is 14.1 Å². The first-order valence-corrected chi connectivity index (χ1v) is 18.4. The largest absolute Gasteiger partial charge is 0.409 e. The Bertz CT molecular complexity index is 3200. The van der Waals surface area contributed by atoms with Gasteiger partial charge < -0.3 is 4.57 Å². The molecule has 0 fully saturated rings. The van der Waals surface area contributed by atoms with Gasteiger partial charge in [0, 0.05) is 32.6 Å². The number of fused-ring (bicyclic) bond motifs is 7. The first kappa shape index (κ1) is 30.3. The fraction of sp³-hybridized carbons (Fsp3) is 0. The molecule has 3 heterocycles. The van der Waals surface area contributed by atoms with E-state index in [0.29, 0.717) is 0 Å². The number of rotatable bonds is 5. The minimum Gasteiger partial charge on any atom is -0.309 e. The van der Waals surface area contributed by atoms with Gasteiger partial charge in [-0.3, -0.25) is 0 Å². The van der Waals surface area contributed by atoms with Crippen molar-refractivity contribution in [1.29, 1.82) is 0 Å². The average molecular weight is 690 g/mol. The van der Waals surface area contributed by atoms with Crippen molar-refractivity contribution >= 4 is 54.5 Å². The highest BCUT2D eigenvalue weighted by Crippen LogP contribution is 2.39. The van der Waals surface area contributed by atoms with Crippen LogP contribution in [0.4, 0.5) is 0 Å². The topological polar surface area (TPSA) is 26.6 Å². The van der Waals surface area contributed by atoms with Crippen LogP contribution in [0.3, 0.4) is 0 Å².